The Morgan fingerprint density at radius 3 is 1.14 bits per heavy atom. The zero-order valence-electron chi connectivity index (χ0n) is 21.9. The Morgan fingerprint density at radius 2 is 0.833 bits per heavy atom. The minimum atomic E-state index is -0.993. The van der Waals surface area contributed by atoms with Gasteiger partial charge in [0.1, 0.15) is 0 Å². The number of carbonyl (C=O) groups excluding carboxylic acids is 6. The fraction of sp³-hybridized carbons (Fsp3) is 0.133. The SMILES string of the molecule is O=C(NCCCCNC(=O)ON1C(=O)c2cccc3cccc(c23)C1=O)ON1C(=O)c2cccc3cccc(c23)C1=O. The summed E-state index contributed by atoms with van der Waals surface area (Å²) < 4.78 is 0. The molecule has 0 fully saturated rings. The fourth-order valence-electron chi connectivity index (χ4n) is 5.04. The molecular weight excluding hydrogens is 544 g/mol. The molecule has 0 atom stereocenters. The number of imide groups is 2. The van der Waals surface area contributed by atoms with Crippen LogP contribution in [0.15, 0.2) is 72.8 Å². The molecule has 12 heteroatoms. The summed E-state index contributed by atoms with van der Waals surface area (Å²) in [6, 6.07) is 20.1. The van der Waals surface area contributed by atoms with Crippen molar-refractivity contribution in [3.8, 4) is 0 Å². The van der Waals surface area contributed by atoms with Crippen LogP contribution in [0.5, 0.6) is 0 Å². The molecule has 0 saturated heterocycles. The first-order chi connectivity index (χ1) is 20.3. The maximum absolute atomic E-state index is 12.8. The lowest BCUT2D eigenvalue weighted by Gasteiger charge is -2.25. The van der Waals surface area contributed by atoms with Gasteiger partial charge in [0.25, 0.3) is 23.6 Å². The number of hydroxylamine groups is 4. The summed E-state index contributed by atoms with van der Waals surface area (Å²) >= 11 is 0. The lowest BCUT2D eigenvalue weighted by atomic mass is 9.95. The molecule has 0 unspecified atom stereocenters. The van der Waals surface area contributed by atoms with Crippen molar-refractivity contribution >= 4 is 57.4 Å². The van der Waals surface area contributed by atoms with Crippen molar-refractivity contribution in [1.29, 1.82) is 0 Å². The van der Waals surface area contributed by atoms with E-state index in [-0.39, 0.29) is 35.3 Å². The molecule has 2 heterocycles. The highest BCUT2D eigenvalue weighted by atomic mass is 16.7. The van der Waals surface area contributed by atoms with Gasteiger partial charge in [-0.1, -0.05) is 58.7 Å². The average molecular weight is 567 g/mol. The summed E-state index contributed by atoms with van der Waals surface area (Å²) in [5, 5.41) is 8.26. The molecule has 210 valence electrons. The highest BCUT2D eigenvalue weighted by Gasteiger charge is 2.37. The van der Waals surface area contributed by atoms with E-state index in [0.717, 1.165) is 10.8 Å². The van der Waals surface area contributed by atoms with Crippen LogP contribution in [-0.4, -0.2) is 59.0 Å². The number of nitrogens with one attached hydrogen (secondary N) is 2. The zero-order chi connectivity index (χ0) is 29.4. The van der Waals surface area contributed by atoms with Crippen LogP contribution in [-0.2, 0) is 9.68 Å². The van der Waals surface area contributed by atoms with Crippen LogP contribution >= 0.6 is 0 Å². The molecular formula is C30H22N4O8. The number of unbranched alkanes of at least 4 members (excludes halogenated alkanes) is 1. The second kappa shape index (κ2) is 10.7. The molecule has 6 amide bonds. The second-order valence-electron chi connectivity index (χ2n) is 9.55. The van der Waals surface area contributed by atoms with Crippen molar-refractivity contribution in [2.45, 2.75) is 12.8 Å². The van der Waals surface area contributed by atoms with Gasteiger partial charge in [-0.2, -0.15) is 0 Å². The Bertz CT molecular complexity index is 1600. The lowest BCUT2D eigenvalue weighted by molar-refractivity contribution is -0.0495. The molecule has 0 bridgehead atoms. The molecule has 4 aromatic rings. The Labute approximate surface area is 237 Å². The highest BCUT2D eigenvalue weighted by Crippen LogP contribution is 2.31. The van der Waals surface area contributed by atoms with Gasteiger partial charge in [0.15, 0.2) is 0 Å². The van der Waals surface area contributed by atoms with Crippen LogP contribution in [0.4, 0.5) is 9.59 Å². The topological polar surface area (TPSA) is 151 Å². The zero-order valence-corrected chi connectivity index (χ0v) is 21.9. The van der Waals surface area contributed by atoms with Gasteiger partial charge in [-0.15, -0.1) is 0 Å². The van der Waals surface area contributed by atoms with E-state index < -0.39 is 35.8 Å². The number of benzene rings is 4. The molecule has 2 aliphatic heterocycles. The van der Waals surface area contributed by atoms with Crippen molar-refractivity contribution in [2.24, 2.45) is 0 Å². The van der Waals surface area contributed by atoms with Gasteiger partial charge < -0.3 is 20.3 Å². The van der Waals surface area contributed by atoms with Gasteiger partial charge >= 0.3 is 12.2 Å². The number of carbonyl (C=O) groups is 6. The normalized spacial score (nSPS) is 13.9. The summed E-state index contributed by atoms with van der Waals surface area (Å²) in [5.41, 5.74) is 1.01. The van der Waals surface area contributed by atoms with Crippen LogP contribution in [0.2, 0.25) is 0 Å². The van der Waals surface area contributed by atoms with Crippen LogP contribution in [0, 0.1) is 0 Å². The first kappa shape index (κ1) is 26.4. The Kier molecular flexibility index (Phi) is 6.71. The van der Waals surface area contributed by atoms with E-state index >= 15 is 0 Å². The Morgan fingerprint density at radius 1 is 0.524 bits per heavy atom. The van der Waals surface area contributed by atoms with Crippen LogP contribution < -0.4 is 10.6 Å². The molecule has 0 aliphatic carbocycles. The number of hydrogen-bond donors (Lipinski definition) is 2. The Hall–Kier alpha value is -5.78. The third kappa shape index (κ3) is 4.54. The van der Waals surface area contributed by atoms with Crippen LogP contribution in [0.1, 0.15) is 54.3 Å². The van der Waals surface area contributed by atoms with E-state index in [9.17, 15) is 28.8 Å². The van der Waals surface area contributed by atoms with Gasteiger partial charge in [0, 0.05) is 23.9 Å². The molecule has 0 aromatic heterocycles. The number of hydrogen-bond acceptors (Lipinski definition) is 8. The van der Waals surface area contributed by atoms with E-state index in [1.54, 1.807) is 72.8 Å². The molecule has 6 rings (SSSR count). The fourth-order valence-corrected chi connectivity index (χ4v) is 5.04. The molecule has 12 nitrogen and oxygen atoms in total. The minimum absolute atomic E-state index is 0.113. The van der Waals surface area contributed by atoms with Crippen LogP contribution in [0.25, 0.3) is 21.5 Å². The van der Waals surface area contributed by atoms with E-state index in [0.29, 0.717) is 33.7 Å². The van der Waals surface area contributed by atoms with Crippen molar-refractivity contribution < 1.29 is 38.4 Å². The van der Waals surface area contributed by atoms with E-state index in [1.165, 1.54) is 0 Å². The maximum atomic E-state index is 12.8. The molecule has 42 heavy (non-hydrogen) atoms. The maximum Gasteiger partial charge on any atom is 0.432 e. The predicted molar refractivity (Wildman–Crippen MR) is 147 cm³/mol. The predicted octanol–water partition coefficient (Wildman–Crippen LogP) is 3.95. The average Bonchev–Trinajstić information content (AvgIpc) is 3.00. The quantitative estimate of drug-likeness (QED) is 0.252. The van der Waals surface area contributed by atoms with Crippen molar-refractivity contribution in [1.82, 2.24) is 20.8 Å². The molecule has 0 spiro atoms. The first-order valence-electron chi connectivity index (χ1n) is 13.1. The number of amides is 6. The van der Waals surface area contributed by atoms with Gasteiger partial charge in [-0.25, -0.2) is 9.59 Å². The van der Waals surface area contributed by atoms with Crippen LogP contribution in [0.3, 0.4) is 0 Å². The summed E-state index contributed by atoms with van der Waals surface area (Å²) in [4.78, 5) is 85.9. The number of rotatable bonds is 7. The molecule has 0 radical (unpaired) electrons. The van der Waals surface area contributed by atoms with E-state index in [1.807, 2.05) is 0 Å². The highest BCUT2D eigenvalue weighted by molar-refractivity contribution is 6.26. The smallest absolute Gasteiger partial charge is 0.320 e. The molecule has 4 aromatic carbocycles. The lowest BCUT2D eigenvalue weighted by Crippen LogP contribution is -2.44. The van der Waals surface area contributed by atoms with Crippen molar-refractivity contribution in [2.75, 3.05) is 13.1 Å². The van der Waals surface area contributed by atoms with Gasteiger partial charge in [0.05, 0.1) is 22.3 Å². The van der Waals surface area contributed by atoms with Crippen molar-refractivity contribution in [3.63, 3.8) is 0 Å². The monoisotopic (exact) mass is 566 g/mol. The van der Waals surface area contributed by atoms with Gasteiger partial charge in [0.2, 0.25) is 0 Å². The summed E-state index contributed by atoms with van der Waals surface area (Å²) in [6.45, 7) is 0.226. The second-order valence-corrected chi connectivity index (χ2v) is 9.55. The van der Waals surface area contributed by atoms with Gasteiger partial charge in [-0.05, 0) is 47.9 Å². The minimum Gasteiger partial charge on any atom is -0.320 e. The summed E-state index contributed by atoms with van der Waals surface area (Å²) in [5.74, 6) is -2.97. The Balaban J connectivity index is 0.953. The third-order valence-electron chi connectivity index (χ3n) is 6.96. The van der Waals surface area contributed by atoms with Gasteiger partial charge in [-0.3, -0.25) is 19.2 Å². The first-order valence-corrected chi connectivity index (χ1v) is 13.1. The van der Waals surface area contributed by atoms with E-state index in [2.05, 4.69) is 10.6 Å². The van der Waals surface area contributed by atoms with E-state index in [4.69, 9.17) is 9.68 Å². The molecule has 2 aliphatic rings. The summed E-state index contributed by atoms with van der Waals surface area (Å²) in [6.07, 6.45) is -1.21. The third-order valence-corrected chi connectivity index (χ3v) is 6.96. The number of nitrogens with zero attached hydrogens (tertiary/aromatic N) is 2. The largest absolute Gasteiger partial charge is 0.432 e. The molecule has 2 N–H and O–H groups in total. The molecule has 0 saturated carbocycles. The van der Waals surface area contributed by atoms with Crippen molar-refractivity contribution in [3.05, 3.63) is 95.1 Å². The summed E-state index contributed by atoms with van der Waals surface area (Å²) in [7, 11) is 0. The standard InChI is InChI=1S/C30H22N4O8/c35-25-19-11-3-7-17-8-4-12-20(23(17)19)26(36)33(25)41-29(39)31-15-1-2-16-32-30(40)42-34-27(37)21-13-5-9-18-10-6-14-22(24(18)21)28(34)38/h3-14H,1-2,15-16H2,(H,31,39)(H,32,40).